The van der Waals surface area contributed by atoms with Gasteiger partial charge in [0.25, 0.3) is 0 Å². The van der Waals surface area contributed by atoms with Crippen LogP contribution >= 0.6 is 27.3 Å². The van der Waals surface area contributed by atoms with Crippen LogP contribution in [0.25, 0.3) is 5.65 Å². The SMILES string of the molecule is CN(Cc1ccc(Br)s1)c1ccc2ncc([N+](=O)[O-])n2n1. The molecule has 0 fully saturated rings. The average molecular weight is 368 g/mol. The first kappa shape index (κ1) is 14.0. The molecule has 7 nitrogen and oxygen atoms in total. The monoisotopic (exact) mass is 367 g/mol. The van der Waals surface area contributed by atoms with Crippen molar-refractivity contribution in [1.29, 1.82) is 0 Å². The molecule has 0 spiro atoms. The molecule has 0 radical (unpaired) electrons. The minimum Gasteiger partial charge on any atom is -0.358 e. The Balaban J connectivity index is 1.92. The second kappa shape index (κ2) is 5.41. The van der Waals surface area contributed by atoms with Gasteiger partial charge in [-0.05, 0) is 39.1 Å². The molecule has 9 heteroatoms. The molecular formula is C12H10BrN5O2S. The van der Waals surface area contributed by atoms with Crippen molar-refractivity contribution < 1.29 is 4.92 Å². The molecule has 0 atom stereocenters. The van der Waals surface area contributed by atoms with Crippen molar-refractivity contribution in [2.24, 2.45) is 0 Å². The minimum absolute atomic E-state index is 0.140. The molecule has 3 aromatic heterocycles. The van der Waals surface area contributed by atoms with Crippen molar-refractivity contribution in [3.8, 4) is 0 Å². The summed E-state index contributed by atoms with van der Waals surface area (Å²) in [5, 5.41) is 15.2. The first-order valence-electron chi connectivity index (χ1n) is 5.99. The Kier molecular flexibility index (Phi) is 3.60. The number of fused-ring (bicyclic) bond motifs is 1. The molecule has 0 saturated heterocycles. The van der Waals surface area contributed by atoms with Crippen molar-refractivity contribution in [3.05, 3.63) is 49.2 Å². The van der Waals surface area contributed by atoms with E-state index < -0.39 is 4.92 Å². The average Bonchev–Trinajstić information content (AvgIpc) is 3.04. The fourth-order valence-corrected chi connectivity index (χ4v) is 3.47. The van der Waals surface area contributed by atoms with Gasteiger partial charge in [-0.25, -0.2) is 4.98 Å². The van der Waals surface area contributed by atoms with Gasteiger partial charge in [-0.3, -0.25) is 0 Å². The molecule has 0 aliphatic carbocycles. The lowest BCUT2D eigenvalue weighted by atomic mass is 10.4. The van der Waals surface area contributed by atoms with Gasteiger partial charge in [-0.1, -0.05) is 9.61 Å². The molecule has 0 aromatic carbocycles. The summed E-state index contributed by atoms with van der Waals surface area (Å²) < 4.78 is 2.32. The van der Waals surface area contributed by atoms with E-state index in [0.29, 0.717) is 18.0 Å². The summed E-state index contributed by atoms with van der Waals surface area (Å²) in [5.74, 6) is 0.507. The summed E-state index contributed by atoms with van der Waals surface area (Å²) in [7, 11) is 1.89. The van der Waals surface area contributed by atoms with Crippen LogP contribution in [-0.2, 0) is 6.54 Å². The molecule has 0 N–H and O–H groups in total. The zero-order chi connectivity index (χ0) is 15.0. The van der Waals surface area contributed by atoms with E-state index in [0.717, 1.165) is 3.79 Å². The molecule has 108 valence electrons. The molecular weight excluding hydrogens is 358 g/mol. The van der Waals surface area contributed by atoms with Crippen LogP contribution in [0.15, 0.2) is 34.2 Å². The largest absolute Gasteiger partial charge is 0.368 e. The molecule has 0 unspecified atom stereocenters. The predicted molar refractivity (Wildman–Crippen MR) is 83.8 cm³/mol. The van der Waals surface area contributed by atoms with E-state index in [1.54, 1.807) is 23.5 Å². The third kappa shape index (κ3) is 2.74. The number of rotatable bonds is 4. The van der Waals surface area contributed by atoms with Crippen molar-refractivity contribution in [2.45, 2.75) is 6.54 Å². The Labute approximate surface area is 132 Å². The second-order valence-electron chi connectivity index (χ2n) is 4.40. The van der Waals surface area contributed by atoms with Gasteiger partial charge in [0.2, 0.25) is 5.65 Å². The van der Waals surface area contributed by atoms with E-state index in [9.17, 15) is 10.1 Å². The highest BCUT2D eigenvalue weighted by atomic mass is 79.9. The van der Waals surface area contributed by atoms with Gasteiger partial charge in [0.1, 0.15) is 6.20 Å². The Morgan fingerprint density at radius 1 is 1.43 bits per heavy atom. The van der Waals surface area contributed by atoms with Crippen LogP contribution < -0.4 is 4.90 Å². The van der Waals surface area contributed by atoms with Gasteiger partial charge < -0.3 is 15.0 Å². The Bertz CT molecular complexity index is 815. The zero-order valence-electron chi connectivity index (χ0n) is 10.9. The van der Waals surface area contributed by atoms with Crippen LogP contribution in [0, 0.1) is 10.1 Å². The van der Waals surface area contributed by atoms with Gasteiger partial charge in [-0.2, -0.15) is 0 Å². The lowest BCUT2D eigenvalue weighted by Gasteiger charge is -2.15. The molecule has 0 saturated carbocycles. The number of aromatic nitrogens is 3. The number of hydrogen-bond acceptors (Lipinski definition) is 6. The minimum atomic E-state index is -0.493. The third-order valence-electron chi connectivity index (χ3n) is 2.93. The van der Waals surface area contributed by atoms with Gasteiger partial charge in [0, 0.05) is 18.0 Å². The number of thiophene rings is 1. The first-order chi connectivity index (χ1) is 10.0. The zero-order valence-corrected chi connectivity index (χ0v) is 13.3. The predicted octanol–water partition coefficient (Wildman–Crippen LogP) is 3.10. The highest BCUT2D eigenvalue weighted by Gasteiger charge is 2.17. The first-order valence-corrected chi connectivity index (χ1v) is 7.60. The molecule has 3 heterocycles. The van der Waals surface area contributed by atoms with E-state index in [-0.39, 0.29) is 5.82 Å². The lowest BCUT2D eigenvalue weighted by Crippen LogP contribution is -2.18. The summed E-state index contributed by atoms with van der Waals surface area (Å²) >= 11 is 5.07. The highest BCUT2D eigenvalue weighted by Crippen LogP contribution is 2.24. The van der Waals surface area contributed by atoms with Crippen LogP contribution in [0.3, 0.4) is 0 Å². The quantitative estimate of drug-likeness (QED) is 0.523. The third-order valence-corrected chi connectivity index (χ3v) is 4.54. The van der Waals surface area contributed by atoms with Crippen molar-refractivity contribution in [1.82, 2.24) is 14.6 Å². The fraction of sp³-hybridized carbons (Fsp3) is 0.167. The Hall–Kier alpha value is -2.00. The highest BCUT2D eigenvalue weighted by molar-refractivity contribution is 9.11. The van der Waals surface area contributed by atoms with Crippen LogP contribution in [0.4, 0.5) is 11.6 Å². The number of imidazole rings is 1. The van der Waals surface area contributed by atoms with Gasteiger partial charge in [-0.15, -0.1) is 11.3 Å². The Morgan fingerprint density at radius 3 is 2.90 bits per heavy atom. The Morgan fingerprint density at radius 2 is 2.24 bits per heavy atom. The van der Waals surface area contributed by atoms with Crippen molar-refractivity contribution in [2.75, 3.05) is 11.9 Å². The number of anilines is 1. The van der Waals surface area contributed by atoms with Gasteiger partial charge >= 0.3 is 5.82 Å². The molecule has 3 aromatic rings. The van der Waals surface area contributed by atoms with Gasteiger partial charge in [0.15, 0.2) is 5.82 Å². The van der Waals surface area contributed by atoms with Crippen LogP contribution in [-0.4, -0.2) is 26.6 Å². The maximum absolute atomic E-state index is 10.9. The van der Waals surface area contributed by atoms with Gasteiger partial charge in [0.05, 0.1) is 10.3 Å². The summed E-state index contributed by atoms with van der Waals surface area (Å²) in [6.45, 7) is 0.678. The maximum Gasteiger partial charge on any atom is 0.368 e. The van der Waals surface area contributed by atoms with Crippen LogP contribution in [0.5, 0.6) is 0 Å². The summed E-state index contributed by atoms with van der Waals surface area (Å²) in [6, 6.07) is 7.54. The molecule has 21 heavy (non-hydrogen) atoms. The number of halogens is 1. The number of hydrogen-bond donors (Lipinski definition) is 0. The standard InChI is InChI=1S/C12H10BrN5O2S/c1-16(7-8-2-3-9(13)21-8)11-5-4-10-14-6-12(18(19)20)17(10)15-11/h2-6H,7H2,1H3. The van der Waals surface area contributed by atoms with Crippen LogP contribution in [0.1, 0.15) is 4.88 Å². The van der Waals surface area contributed by atoms with Crippen molar-refractivity contribution >= 4 is 44.5 Å². The second-order valence-corrected chi connectivity index (χ2v) is 6.94. The maximum atomic E-state index is 10.9. The van der Waals surface area contributed by atoms with Crippen LogP contribution in [0.2, 0.25) is 0 Å². The van der Waals surface area contributed by atoms with E-state index in [1.165, 1.54) is 15.6 Å². The van der Waals surface area contributed by atoms with E-state index in [4.69, 9.17) is 0 Å². The molecule has 3 rings (SSSR count). The number of nitro groups is 1. The smallest absolute Gasteiger partial charge is 0.358 e. The molecule has 0 amide bonds. The van der Waals surface area contributed by atoms with E-state index in [1.807, 2.05) is 24.1 Å². The molecule has 0 aliphatic heterocycles. The lowest BCUT2D eigenvalue weighted by molar-refractivity contribution is -0.391. The molecule has 0 aliphatic rings. The van der Waals surface area contributed by atoms with E-state index in [2.05, 4.69) is 26.0 Å². The fourth-order valence-electron chi connectivity index (χ4n) is 1.93. The topological polar surface area (TPSA) is 76.6 Å². The summed E-state index contributed by atoms with van der Waals surface area (Å²) in [4.78, 5) is 17.5. The normalized spacial score (nSPS) is 11.0. The molecule has 0 bridgehead atoms. The van der Waals surface area contributed by atoms with Crippen molar-refractivity contribution in [3.63, 3.8) is 0 Å². The summed E-state index contributed by atoms with van der Waals surface area (Å²) in [6.07, 6.45) is 1.21. The summed E-state index contributed by atoms with van der Waals surface area (Å²) in [5.41, 5.74) is 0.456. The number of nitrogens with zero attached hydrogens (tertiary/aromatic N) is 5. The van der Waals surface area contributed by atoms with E-state index >= 15 is 0 Å².